The summed E-state index contributed by atoms with van der Waals surface area (Å²) in [5.41, 5.74) is 3.98. The number of para-hydroxylation sites is 2. The molecule has 270 valence electrons. The summed E-state index contributed by atoms with van der Waals surface area (Å²) in [4.78, 5) is 32.6. The van der Waals surface area contributed by atoms with Gasteiger partial charge in [0.15, 0.2) is 0 Å². The molecule has 2 heterocycles. The summed E-state index contributed by atoms with van der Waals surface area (Å²) >= 11 is 15.2. The first-order chi connectivity index (χ1) is 23.6. The molecule has 1 saturated heterocycles. The smallest absolute Gasteiger partial charge is 0.314 e. The van der Waals surface area contributed by atoms with Gasteiger partial charge in [-0.25, -0.2) is 4.79 Å². The first-order valence-electron chi connectivity index (χ1n) is 16.9. The lowest BCUT2D eigenvalue weighted by molar-refractivity contribution is -0.122. The fraction of sp³-hybridized carbons (Fsp3) is 0.588. The molecule has 2 aromatic carbocycles. The quantitative estimate of drug-likeness (QED) is 0.127. The maximum absolute atomic E-state index is 14.0. The normalized spacial score (nSPS) is 20.4. The van der Waals surface area contributed by atoms with Crippen molar-refractivity contribution < 1.29 is 35.1 Å². The van der Waals surface area contributed by atoms with Crippen LogP contribution in [0, 0.1) is 0 Å². The minimum absolute atomic E-state index is 0.130. The monoisotopic (exact) mass is 739 g/mol. The Bertz CT molecular complexity index is 1440. The van der Waals surface area contributed by atoms with Crippen LogP contribution in [-0.4, -0.2) is 123 Å². The lowest BCUT2D eigenvalue weighted by Gasteiger charge is -2.39. The first-order valence-corrected chi connectivity index (χ1v) is 18.8. The van der Waals surface area contributed by atoms with Gasteiger partial charge in [-0.15, -0.1) is 11.8 Å². The molecule has 7 N–H and O–H groups in total. The average Bonchev–Trinajstić information content (AvgIpc) is 3.85. The molecule has 15 heteroatoms. The second-order valence-electron chi connectivity index (χ2n) is 12.9. The van der Waals surface area contributed by atoms with Crippen molar-refractivity contribution in [2.24, 2.45) is 0 Å². The van der Waals surface area contributed by atoms with E-state index in [2.05, 4.69) is 32.6 Å². The Labute approximate surface area is 301 Å². The van der Waals surface area contributed by atoms with Gasteiger partial charge in [0.1, 0.15) is 18.3 Å². The Balaban J connectivity index is 1.05. The lowest BCUT2D eigenvalue weighted by atomic mass is 10.0. The number of thioether (sulfide) groups is 1. The van der Waals surface area contributed by atoms with Crippen LogP contribution in [0.5, 0.6) is 0 Å². The third kappa shape index (κ3) is 9.72. The van der Waals surface area contributed by atoms with E-state index in [4.69, 9.17) is 28.3 Å². The predicted molar refractivity (Wildman–Crippen MR) is 192 cm³/mol. The highest BCUT2D eigenvalue weighted by Crippen LogP contribution is 2.41. The fourth-order valence-corrected chi connectivity index (χ4v) is 8.06. The number of hydrogen-bond donors (Lipinski definition) is 7. The lowest BCUT2D eigenvalue weighted by Crippen LogP contribution is -2.52. The number of anilines is 2. The third-order valence-electron chi connectivity index (χ3n) is 9.35. The van der Waals surface area contributed by atoms with Gasteiger partial charge in [0.25, 0.3) is 0 Å². The maximum Gasteiger partial charge on any atom is 0.314 e. The number of carbonyl (C=O) groups excluding carboxylic acids is 2. The number of rotatable bonds is 16. The van der Waals surface area contributed by atoms with E-state index in [0.29, 0.717) is 48.6 Å². The zero-order valence-corrected chi connectivity index (χ0v) is 29.7. The summed E-state index contributed by atoms with van der Waals surface area (Å²) in [6.45, 7) is 1.33. The van der Waals surface area contributed by atoms with E-state index in [0.717, 1.165) is 53.5 Å². The van der Waals surface area contributed by atoms with Gasteiger partial charge >= 0.3 is 6.03 Å². The highest BCUT2D eigenvalue weighted by atomic mass is 35.5. The molecule has 0 radical (unpaired) electrons. The summed E-state index contributed by atoms with van der Waals surface area (Å²) in [6.07, 6.45) is -1.14. The molecule has 3 aliphatic rings. The molecule has 1 aliphatic carbocycles. The van der Waals surface area contributed by atoms with Crippen LogP contribution in [0.25, 0.3) is 0 Å². The van der Waals surface area contributed by atoms with Gasteiger partial charge in [-0.05, 0) is 67.5 Å². The minimum atomic E-state index is -1.75. The van der Waals surface area contributed by atoms with E-state index in [9.17, 15) is 30.0 Å². The number of nitrogens with zero attached hydrogens (tertiary/aromatic N) is 3. The van der Waals surface area contributed by atoms with Crippen LogP contribution in [0.1, 0.15) is 43.2 Å². The number of carbonyl (C=O) groups is 2. The summed E-state index contributed by atoms with van der Waals surface area (Å²) < 4.78 is 0. The van der Waals surface area contributed by atoms with Gasteiger partial charge in [0, 0.05) is 60.4 Å². The Morgan fingerprint density at radius 1 is 0.898 bits per heavy atom. The zero-order valence-electron chi connectivity index (χ0n) is 27.4. The van der Waals surface area contributed by atoms with Crippen molar-refractivity contribution in [1.82, 2.24) is 15.5 Å². The Kier molecular flexibility index (Phi) is 13.7. The molecular weight excluding hydrogens is 693 g/mol. The van der Waals surface area contributed by atoms with E-state index >= 15 is 0 Å². The molecule has 0 bridgehead atoms. The van der Waals surface area contributed by atoms with Crippen molar-refractivity contribution >= 4 is 58.3 Å². The van der Waals surface area contributed by atoms with E-state index in [-0.39, 0.29) is 18.5 Å². The van der Waals surface area contributed by atoms with Crippen molar-refractivity contribution in [3.05, 3.63) is 57.6 Å². The number of halogens is 2. The van der Waals surface area contributed by atoms with Gasteiger partial charge < -0.3 is 46.0 Å². The molecule has 0 aromatic heterocycles. The number of nitrogens with one attached hydrogen (secondary N) is 2. The molecule has 12 nitrogen and oxygen atoms in total. The Morgan fingerprint density at radius 3 is 2.33 bits per heavy atom. The molecule has 2 fully saturated rings. The molecule has 0 unspecified atom stereocenters. The summed E-state index contributed by atoms with van der Waals surface area (Å²) in [5.74, 6) is 1.60. The molecular formula is C34H47Cl2N5O7S. The van der Waals surface area contributed by atoms with Crippen LogP contribution in [-0.2, 0) is 17.8 Å². The highest BCUT2D eigenvalue weighted by Gasteiger charge is 2.40. The van der Waals surface area contributed by atoms with Gasteiger partial charge in [0.2, 0.25) is 5.91 Å². The number of aliphatic hydroxyl groups is 5. The second-order valence-corrected chi connectivity index (χ2v) is 14.8. The van der Waals surface area contributed by atoms with Crippen LogP contribution in [0.4, 0.5) is 16.2 Å². The Morgan fingerprint density at radius 2 is 1.59 bits per heavy atom. The van der Waals surface area contributed by atoms with Crippen LogP contribution < -0.4 is 20.4 Å². The number of benzene rings is 2. The van der Waals surface area contributed by atoms with Gasteiger partial charge in [-0.2, -0.15) is 0 Å². The predicted octanol–water partition coefficient (Wildman–Crippen LogP) is 2.33. The van der Waals surface area contributed by atoms with Crippen molar-refractivity contribution in [2.75, 3.05) is 54.2 Å². The largest absolute Gasteiger partial charge is 0.394 e. The van der Waals surface area contributed by atoms with E-state index in [1.54, 1.807) is 11.8 Å². The van der Waals surface area contributed by atoms with E-state index in [1.165, 1.54) is 12.8 Å². The van der Waals surface area contributed by atoms with Crippen molar-refractivity contribution in [3.63, 3.8) is 0 Å². The summed E-state index contributed by atoms with van der Waals surface area (Å²) in [7, 11) is 0. The zero-order chi connectivity index (χ0) is 35.1. The molecule has 5 rings (SSSR count). The SMILES string of the molecule is O=C(NCCCCCc1cc(Cl)c(CN2CSC[C@H]2C(=O)N2CCN(C3CC3)c3ccccc32)cc1Cl)NC[C@@H](O)[C@H](O)[C@@H](O)[C@@H](O)CO. The van der Waals surface area contributed by atoms with Crippen LogP contribution >= 0.6 is 35.0 Å². The molecule has 49 heavy (non-hydrogen) atoms. The first kappa shape index (κ1) is 37.9. The summed E-state index contributed by atoms with van der Waals surface area (Å²) in [5, 5.41) is 54.0. The van der Waals surface area contributed by atoms with E-state index < -0.39 is 37.1 Å². The van der Waals surface area contributed by atoms with Crippen LogP contribution in [0.15, 0.2) is 36.4 Å². The molecule has 1 saturated carbocycles. The van der Waals surface area contributed by atoms with Crippen molar-refractivity contribution in [1.29, 1.82) is 0 Å². The number of unbranched alkanes of at least 4 members (excludes halogenated alkanes) is 2. The third-order valence-corrected chi connectivity index (χ3v) is 11.1. The number of aliphatic hydroxyl groups excluding tert-OH is 5. The maximum atomic E-state index is 14.0. The number of urea groups is 1. The summed E-state index contributed by atoms with van der Waals surface area (Å²) in [6, 6.07) is 11.9. The number of hydrogen-bond acceptors (Lipinski definition) is 10. The standard InChI is InChI=1S/C34H47Cl2N5O7S/c35-24-15-22(17-39-20-49-19-28(39)33(47)41-13-12-40(23-9-10-23)26-7-3-4-8-27(26)41)25(36)14-21(24)6-2-1-5-11-37-34(48)38-16-29(43)31(45)32(46)30(44)18-42/h3-4,7-8,14-15,23,28-32,42-46H,1-2,5-6,9-13,16-20H2,(H2,37,38,48)/t28-,29+,30-,31-,32-/m0/s1. The van der Waals surface area contributed by atoms with Crippen molar-refractivity contribution in [2.45, 2.75) is 81.6 Å². The number of fused-ring (bicyclic) bond motifs is 1. The average molecular weight is 741 g/mol. The number of amides is 3. The highest BCUT2D eigenvalue weighted by molar-refractivity contribution is 7.99. The van der Waals surface area contributed by atoms with Gasteiger partial charge in [-0.3, -0.25) is 9.69 Å². The topological polar surface area (TPSA) is 169 Å². The van der Waals surface area contributed by atoms with E-state index in [1.807, 2.05) is 29.2 Å². The fourth-order valence-electron chi connectivity index (χ4n) is 6.34. The second kappa shape index (κ2) is 17.7. The van der Waals surface area contributed by atoms with Crippen LogP contribution in [0.3, 0.4) is 0 Å². The molecule has 2 aromatic rings. The van der Waals surface area contributed by atoms with Crippen LogP contribution in [0.2, 0.25) is 10.0 Å². The minimum Gasteiger partial charge on any atom is -0.394 e. The van der Waals surface area contributed by atoms with Gasteiger partial charge in [-0.1, -0.05) is 41.8 Å². The van der Waals surface area contributed by atoms with Crippen molar-refractivity contribution in [3.8, 4) is 0 Å². The molecule has 0 spiro atoms. The van der Waals surface area contributed by atoms with Gasteiger partial charge in [0.05, 0.1) is 30.1 Å². The molecule has 2 aliphatic heterocycles. The molecule has 5 atom stereocenters. The molecule has 3 amide bonds. The Hall–Kier alpha value is -2.33. The number of aryl methyl sites for hydroxylation is 1.